The molecule has 1 N–H and O–H groups in total. The van der Waals surface area contributed by atoms with Crippen LogP contribution < -0.4 is 0 Å². The van der Waals surface area contributed by atoms with Crippen molar-refractivity contribution < 1.29 is 9.84 Å². The van der Waals surface area contributed by atoms with Crippen LogP contribution in [0.2, 0.25) is 0 Å². The van der Waals surface area contributed by atoms with Crippen molar-refractivity contribution in [3.05, 3.63) is 42.1 Å². The molecule has 0 bridgehead atoms. The van der Waals surface area contributed by atoms with Crippen LogP contribution in [0.4, 0.5) is 0 Å². The molecule has 4 heteroatoms. The van der Waals surface area contributed by atoms with E-state index in [2.05, 4.69) is 16.0 Å². The average Bonchev–Trinajstić information content (AvgIpc) is 2.39. The van der Waals surface area contributed by atoms with E-state index in [9.17, 15) is 5.11 Å². The number of ether oxygens (including phenoxy) is 1. The van der Waals surface area contributed by atoms with Crippen molar-refractivity contribution in [1.29, 1.82) is 0 Å². The first kappa shape index (κ1) is 13.9. The number of likely N-dealkylation sites (N-methyl/N-ethyl adjacent to an activating group) is 1. The molecule has 1 atom stereocenters. The second kappa shape index (κ2) is 6.61. The molecule has 102 valence electrons. The number of nitrogens with zero attached hydrogens (tertiary/aromatic N) is 2. The molecule has 2 rings (SSSR count). The Hall–Kier alpha value is -1.49. The lowest BCUT2D eigenvalue weighted by molar-refractivity contribution is 0.0419. The second-order valence-electron chi connectivity index (χ2n) is 4.79. The largest absolute Gasteiger partial charge is 0.389 e. The number of pyridine rings is 1. The van der Waals surface area contributed by atoms with E-state index in [1.54, 1.807) is 7.11 Å². The van der Waals surface area contributed by atoms with Crippen LogP contribution in [0, 0.1) is 0 Å². The van der Waals surface area contributed by atoms with Gasteiger partial charge in [0.25, 0.3) is 0 Å². The number of aliphatic hydroxyl groups is 1. The van der Waals surface area contributed by atoms with Gasteiger partial charge in [0.05, 0.1) is 18.2 Å². The molecule has 1 heterocycles. The Balaban J connectivity index is 2.08. The zero-order valence-corrected chi connectivity index (χ0v) is 11.4. The molecule has 0 saturated carbocycles. The van der Waals surface area contributed by atoms with Crippen LogP contribution in [0.15, 0.2) is 36.5 Å². The predicted octanol–water partition coefficient (Wildman–Crippen LogP) is 1.67. The van der Waals surface area contributed by atoms with E-state index in [-0.39, 0.29) is 0 Å². The van der Waals surface area contributed by atoms with E-state index in [0.29, 0.717) is 13.2 Å². The third-order valence-electron chi connectivity index (χ3n) is 3.06. The predicted molar refractivity (Wildman–Crippen MR) is 76.0 cm³/mol. The van der Waals surface area contributed by atoms with Crippen LogP contribution in [-0.4, -0.2) is 48.4 Å². The van der Waals surface area contributed by atoms with Gasteiger partial charge in [-0.1, -0.05) is 18.2 Å². The molecule has 0 fully saturated rings. The Morgan fingerprint density at radius 2 is 2.11 bits per heavy atom. The van der Waals surface area contributed by atoms with Crippen molar-refractivity contribution in [3.8, 4) is 0 Å². The molecule has 0 aliphatic carbocycles. The van der Waals surface area contributed by atoms with E-state index < -0.39 is 6.10 Å². The second-order valence-corrected chi connectivity index (χ2v) is 4.79. The van der Waals surface area contributed by atoms with Gasteiger partial charge in [-0.2, -0.15) is 0 Å². The Bertz CT molecular complexity index is 525. The summed E-state index contributed by atoms with van der Waals surface area (Å²) in [5, 5.41) is 10.9. The van der Waals surface area contributed by atoms with Crippen LogP contribution >= 0.6 is 0 Å². The summed E-state index contributed by atoms with van der Waals surface area (Å²) in [6.45, 7) is 1.73. The fraction of sp³-hybridized carbons (Fsp3) is 0.400. The smallest absolute Gasteiger partial charge is 0.0900 e. The fourth-order valence-electron chi connectivity index (χ4n) is 2.25. The van der Waals surface area contributed by atoms with Crippen LogP contribution in [0.3, 0.4) is 0 Å². The molecule has 0 aliphatic rings. The lowest BCUT2D eigenvalue weighted by Gasteiger charge is -2.20. The van der Waals surface area contributed by atoms with E-state index in [1.807, 2.05) is 37.5 Å². The molecule has 0 spiro atoms. The molecule has 1 aromatic heterocycles. The van der Waals surface area contributed by atoms with Gasteiger partial charge in [0.1, 0.15) is 0 Å². The molecule has 1 unspecified atom stereocenters. The van der Waals surface area contributed by atoms with E-state index in [1.165, 1.54) is 5.56 Å². The molecular formula is C15H20N2O2. The number of fused-ring (bicyclic) bond motifs is 1. The molecule has 0 aliphatic heterocycles. The highest BCUT2D eigenvalue weighted by molar-refractivity contribution is 5.81. The SMILES string of the molecule is COCC(O)CN(C)Cc1ccnc2ccccc12. The van der Waals surface area contributed by atoms with Gasteiger partial charge in [-0.3, -0.25) is 9.88 Å². The van der Waals surface area contributed by atoms with Gasteiger partial charge in [-0.05, 0) is 24.7 Å². The highest BCUT2D eigenvalue weighted by atomic mass is 16.5. The maximum absolute atomic E-state index is 9.73. The Labute approximate surface area is 113 Å². The molecule has 0 saturated heterocycles. The summed E-state index contributed by atoms with van der Waals surface area (Å²) in [6.07, 6.45) is 1.37. The highest BCUT2D eigenvalue weighted by Crippen LogP contribution is 2.17. The summed E-state index contributed by atoms with van der Waals surface area (Å²) >= 11 is 0. The van der Waals surface area contributed by atoms with Gasteiger partial charge in [0.15, 0.2) is 0 Å². The lowest BCUT2D eigenvalue weighted by atomic mass is 10.1. The topological polar surface area (TPSA) is 45.6 Å². The van der Waals surface area contributed by atoms with Crippen LogP contribution in [0.1, 0.15) is 5.56 Å². The van der Waals surface area contributed by atoms with Crippen molar-refractivity contribution in [3.63, 3.8) is 0 Å². The summed E-state index contributed by atoms with van der Waals surface area (Å²) in [7, 11) is 3.59. The summed E-state index contributed by atoms with van der Waals surface area (Å²) in [5.41, 5.74) is 2.23. The average molecular weight is 260 g/mol. The Morgan fingerprint density at radius 3 is 2.89 bits per heavy atom. The van der Waals surface area contributed by atoms with Gasteiger partial charge in [0, 0.05) is 31.8 Å². The third-order valence-corrected chi connectivity index (χ3v) is 3.06. The van der Waals surface area contributed by atoms with Gasteiger partial charge in [-0.25, -0.2) is 0 Å². The van der Waals surface area contributed by atoms with Gasteiger partial charge >= 0.3 is 0 Å². The Kier molecular flexibility index (Phi) is 4.85. The summed E-state index contributed by atoms with van der Waals surface area (Å²) < 4.78 is 4.94. The molecule has 4 nitrogen and oxygen atoms in total. The summed E-state index contributed by atoms with van der Waals surface area (Å²) in [4.78, 5) is 6.44. The number of aliphatic hydroxyl groups excluding tert-OH is 1. The van der Waals surface area contributed by atoms with Crippen LogP contribution in [0.5, 0.6) is 0 Å². The normalized spacial score (nSPS) is 13.1. The van der Waals surface area contributed by atoms with Gasteiger partial charge in [0.2, 0.25) is 0 Å². The van der Waals surface area contributed by atoms with Crippen molar-refractivity contribution in [2.45, 2.75) is 12.6 Å². The first-order valence-corrected chi connectivity index (χ1v) is 6.39. The standard InChI is InChI=1S/C15H20N2O2/c1-17(10-13(18)11-19-2)9-12-7-8-16-15-6-4-3-5-14(12)15/h3-8,13,18H,9-11H2,1-2H3. The number of rotatable bonds is 6. The van der Waals surface area contributed by atoms with Gasteiger partial charge in [-0.15, -0.1) is 0 Å². The van der Waals surface area contributed by atoms with E-state index in [4.69, 9.17) is 4.74 Å². The first-order valence-electron chi connectivity index (χ1n) is 6.39. The van der Waals surface area contributed by atoms with E-state index >= 15 is 0 Å². The quantitative estimate of drug-likeness (QED) is 0.858. The fourth-order valence-corrected chi connectivity index (χ4v) is 2.25. The molecular weight excluding hydrogens is 240 g/mol. The highest BCUT2D eigenvalue weighted by Gasteiger charge is 2.09. The maximum atomic E-state index is 9.73. The lowest BCUT2D eigenvalue weighted by Crippen LogP contribution is -2.31. The minimum Gasteiger partial charge on any atom is -0.389 e. The molecule has 0 amide bonds. The minimum atomic E-state index is -0.455. The maximum Gasteiger partial charge on any atom is 0.0900 e. The summed E-state index contributed by atoms with van der Waals surface area (Å²) in [5.74, 6) is 0. The number of methoxy groups -OCH3 is 1. The number of benzene rings is 1. The Morgan fingerprint density at radius 1 is 1.32 bits per heavy atom. The number of hydrogen-bond donors (Lipinski definition) is 1. The molecule has 1 aromatic carbocycles. The molecule has 2 aromatic rings. The number of aromatic nitrogens is 1. The van der Waals surface area contributed by atoms with E-state index in [0.717, 1.165) is 17.4 Å². The minimum absolute atomic E-state index is 0.363. The van der Waals surface area contributed by atoms with Crippen molar-refractivity contribution in [2.75, 3.05) is 27.3 Å². The van der Waals surface area contributed by atoms with Crippen LogP contribution in [0.25, 0.3) is 10.9 Å². The number of para-hydroxylation sites is 1. The van der Waals surface area contributed by atoms with Crippen molar-refractivity contribution in [2.24, 2.45) is 0 Å². The third kappa shape index (κ3) is 3.73. The zero-order chi connectivity index (χ0) is 13.7. The zero-order valence-electron chi connectivity index (χ0n) is 11.4. The van der Waals surface area contributed by atoms with Crippen LogP contribution in [-0.2, 0) is 11.3 Å². The first-order chi connectivity index (χ1) is 9.20. The summed E-state index contributed by atoms with van der Waals surface area (Å²) in [6, 6.07) is 10.1. The molecule has 0 radical (unpaired) electrons. The number of hydrogen-bond acceptors (Lipinski definition) is 4. The van der Waals surface area contributed by atoms with Gasteiger partial charge < -0.3 is 9.84 Å². The molecule has 19 heavy (non-hydrogen) atoms. The monoisotopic (exact) mass is 260 g/mol. The van der Waals surface area contributed by atoms with Crippen molar-refractivity contribution in [1.82, 2.24) is 9.88 Å². The van der Waals surface area contributed by atoms with Crippen molar-refractivity contribution >= 4 is 10.9 Å².